The molecule has 0 aliphatic rings. The van der Waals surface area contributed by atoms with Crippen molar-refractivity contribution in [2.75, 3.05) is 13.2 Å². The van der Waals surface area contributed by atoms with Crippen LogP contribution in [0, 0.1) is 12.8 Å². The molecule has 0 saturated heterocycles. The summed E-state index contributed by atoms with van der Waals surface area (Å²) in [7, 11) is 0. The van der Waals surface area contributed by atoms with Gasteiger partial charge in [-0.2, -0.15) is 0 Å². The first kappa shape index (κ1) is 14.7. The molecule has 0 aliphatic carbocycles. The van der Waals surface area contributed by atoms with Gasteiger partial charge in [-0.1, -0.05) is 36.8 Å². The minimum atomic E-state index is -0.138. The minimum Gasteiger partial charge on any atom is -0.466 e. The van der Waals surface area contributed by atoms with Crippen LogP contribution < -0.4 is 5.32 Å². The normalized spacial score (nSPS) is 14.0. The maximum Gasteiger partial charge on any atom is 0.309 e. The standard InChI is InChI=1S/C15H23NO2/c1-5-18-15(17)12(3)10-16-13(4)14-8-6-11(2)7-9-14/h6-9,12-13,16H,5,10H2,1-4H3/t12?,13-/m0/s1. The van der Waals surface area contributed by atoms with E-state index in [2.05, 4.69) is 43.4 Å². The molecule has 0 heterocycles. The number of aryl methyl sites for hydroxylation is 1. The summed E-state index contributed by atoms with van der Waals surface area (Å²) in [6.45, 7) is 8.96. The Morgan fingerprint density at radius 1 is 1.28 bits per heavy atom. The Morgan fingerprint density at radius 2 is 1.89 bits per heavy atom. The molecule has 3 nitrogen and oxygen atoms in total. The fourth-order valence-corrected chi connectivity index (χ4v) is 1.69. The number of benzene rings is 1. The number of esters is 1. The first-order chi connectivity index (χ1) is 8.54. The molecule has 0 aromatic heterocycles. The van der Waals surface area contributed by atoms with Gasteiger partial charge in [0.15, 0.2) is 0 Å². The highest BCUT2D eigenvalue weighted by Gasteiger charge is 2.15. The summed E-state index contributed by atoms with van der Waals surface area (Å²) in [5.74, 6) is -0.251. The second-order valence-corrected chi connectivity index (χ2v) is 4.69. The average Bonchev–Trinajstić information content (AvgIpc) is 2.36. The van der Waals surface area contributed by atoms with Crippen molar-refractivity contribution in [2.45, 2.75) is 33.7 Å². The smallest absolute Gasteiger partial charge is 0.309 e. The lowest BCUT2D eigenvalue weighted by molar-refractivity contribution is -0.147. The van der Waals surface area contributed by atoms with Gasteiger partial charge in [-0.15, -0.1) is 0 Å². The van der Waals surface area contributed by atoms with E-state index in [-0.39, 0.29) is 17.9 Å². The molecular weight excluding hydrogens is 226 g/mol. The molecule has 0 spiro atoms. The first-order valence-corrected chi connectivity index (χ1v) is 6.51. The fourth-order valence-electron chi connectivity index (χ4n) is 1.69. The highest BCUT2D eigenvalue weighted by atomic mass is 16.5. The number of hydrogen-bond acceptors (Lipinski definition) is 3. The Balaban J connectivity index is 2.43. The van der Waals surface area contributed by atoms with Crippen LogP contribution in [0.5, 0.6) is 0 Å². The van der Waals surface area contributed by atoms with Crippen LogP contribution in [0.2, 0.25) is 0 Å². The maximum absolute atomic E-state index is 11.5. The monoisotopic (exact) mass is 249 g/mol. The molecule has 0 saturated carbocycles. The van der Waals surface area contributed by atoms with Crippen LogP contribution in [0.3, 0.4) is 0 Å². The van der Waals surface area contributed by atoms with Gasteiger partial charge in [0.25, 0.3) is 0 Å². The van der Waals surface area contributed by atoms with Crippen LogP contribution in [-0.2, 0) is 9.53 Å². The van der Waals surface area contributed by atoms with E-state index >= 15 is 0 Å². The molecule has 1 aromatic rings. The Labute approximate surface area is 110 Å². The van der Waals surface area contributed by atoms with Gasteiger partial charge in [0.2, 0.25) is 0 Å². The lowest BCUT2D eigenvalue weighted by atomic mass is 10.1. The Bertz CT molecular complexity index is 373. The van der Waals surface area contributed by atoms with Crippen LogP contribution in [-0.4, -0.2) is 19.1 Å². The SMILES string of the molecule is CCOC(=O)C(C)CN[C@@H](C)c1ccc(C)cc1. The third kappa shape index (κ3) is 4.49. The quantitative estimate of drug-likeness (QED) is 0.788. The van der Waals surface area contributed by atoms with Crippen LogP contribution in [0.15, 0.2) is 24.3 Å². The van der Waals surface area contributed by atoms with Crippen LogP contribution in [0.4, 0.5) is 0 Å². The van der Waals surface area contributed by atoms with Crippen molar-refractivity contribution in [3.63, 3.8) is 0 Å². The third-order valence-corrected chi connectivity index (χ3v) is 3.00. The molecule has 0 fully saturated rings. The highest BCUT2D eigenvalue weighted by molar-refractivity contribution is 5.72. The van der Waals surface area contributed by atoms with Crippen molar-refractivity contribution in [3.05, 3.63) is 35.4 Å². The van der Waals surface area contributed by atoms with E-state index in [4.69, 9.17) is 4.74 Å². The Kier molecular flexibility index (Phi) is 5.86. The van der Waals surface area contributed by atoms with Gasteiger partial charge in [-0.05, 0) is 26.3 Å². The molecule has 0 aliphatic heterocycles. The number of nitrogens with one attached hydrogen (secondary N) is 1. The molecule has 2 atom stereocenters. The van der Waals surface area contributed by atoms with E-state index in [1.807, 2.05) is 13.8 Å². The largest absolute Gasteiger partial charge is 0.466 e. The average molecular weight is 249 g/mol. The zero-order valence-corrected chi connectivity index (χ0v) is 11.7. The zero-order chi connectivity index (χ0) is 13.5. The topological polar surface area (TPSA) is 38.3 Å². The third-order valence-electron chi connectivity index (χ3n) is 3.00. The summed E-state index contributed by atoms with van der Waals surface area (Å²) in [5, 5.41) is 3.36. The molecule has 100 valence electrons. The van der Waals surface area contributed by atoms with E-state index in [0.29, 0.717) is 13.2 Å². The van der Waals surface area contributed by atoms with Crippen molar-refractivity contribution in [2.24, 2.45) is 5.92 Å². The van der Waals surface area contributed by atoms with Crippen LogP contribution in [0.1, 0.15) is 37.9 Å². The van der Waals surface area contributed by atoms with Crippen LogP contribution >= 0.6 is 0 Å². The summed E-state index contributed by atoms with van der Waals surface area (Å²) in [5.41, 5.74) is 2.49. The van der Waals surface area contributed by atoms with E-state index in [9.17, 15) is 4.79 Å². The lowest BCUT2D eigenvalue weighted by Crippen LogP contribution is -2.29. The predicted octanol–water partition coefficient (Wildman–Crippen LogP) is 2.84. The molecule has 0 bridgehead atoms. The zero-order valence-electron chi connectivity index (χ0n) is 11.7. The number of rotatable bonds is 6. The van der Waals surface area contributed by atoms with Gasteiger partial charge < -0.3 is 10.1 Å². The fraction of sp³-hybridized carbons (Fsp3) is 0.533. The van der Waals surface area contributed by atoms with Crippen molar-refractivity contribution in [1.82, 2.24) is 5.32 Å². The van der Waals surface area contributed by atoms with Crippen molar-refractivity contribution < 1.29 is 9.53 Å². The number of hydrogen-bond donors (Lipinski definition) is 1. The Morgan fingerprint density at radius 3 is 2.44 bits per heavy atom. The summed E-state index contributed by atoms with van der Waals surface area (Å²) in [6, 6.07) is 8.66. The second-order valence-electron chi connectivity index (χ2n) is 4.69. The van der Waals surface area contributed by atoms with Gasteiger partial charge in [0.05, 0.1) is 12.5 Å². The molecule has 0 amide bonds. The summed E-state index contributed by atoms with van der Waals surface area (Å²) in [6.07, 6.45) is 0. The first-order valence-electron chi connectivity index (χ1n) is 6.51. The summed E-state index contributed by atoms with van der Waals surface area (Å²) < 4.78 is 4.98. The van der Waals surface area contributed by atoms with Gasteiger partial charge in [0.1, 0.15) is 0 Å². The van der Waals surface area contributed by atoms with Gasteiger partial charge >= 0.3 is 5.97 Å². The summed E-state index contributed by atoms with van der Waals surface area (Å²) >= 11 is 0. The van der Waals surface area contributed by atoms with E-state index in [1.54, 1.807) is 0 Å². The second kappa shape index (κ2) is 7.17. The molecule has 3 heteroatoms. The van der Waals surface area contributed by atoms with E-state index < -0.39 is 0 Å². The molecule has 18 heavy (non-hydrogen) atoms. The minimum absolute atomic E-state index is 0.113. The molecule has 1 N–H and O–H groups in total. The van der Waals surface area contributed by atoms with Gasteiger partial charge in [0, 0.05) is 12.6 Å². The van der Waals surface area contributed by atoms with Crippen molar-refractivity contribution in [3.8, 4) is 0 Å². The number of carbonyl (C=O) groups is 1. The summed E-state index contributed by atoms with van der Waals surface area (Å²) in [4.78, 5) is 11.5. The lowest BCUT2D eigenvalue weighted by Gasteiger charge is -2.17. The maximum atomic E-state index is 11.5. The number of carbonyl (C=O) groups excluding carboxylic acids is 1. The Hall–Kier alpha value is -1.35. The molecule has 0 radical (unpaired) electrons. The van der Waals surface area contributed by atoms with Gasteiger partial charge in [-0.3, -0.25) is 4.79 Å². The highest BCUT2D eigenvalue weighted by Crippen LogP contribution is 2.13. The van der Waals surface area contributed by atoms with E-state index in [1.165, 1.54) is 11.1 Å². The van der Waals surface area contributed by atoms with Crippen LogP contribution in [0.25, 0.3) is 0 Å². The van der Waals surface area contributed by atoms with Gasteiger partial charge in [-0.25, -0.2) is 0 Å². The molecule has 1 aromatic carbocycles. The van der Waals surface area contributed by atoms with Crippen molar-refractivity contribution >= 4 is 5.97 Å². The number of ether oxygens (including phenoxy) is 1. The molecule has 1 rings (SSSR count). The molecule has 1 unspecified atom stereocenters. The molecular formula is C15H23NO2. The predicted molar refractivity (Wildman–Crippen MR) is 73.4 cm³/mol. The van der Waals surface area contributed by atoms with E-state index in [0.717, 1.165) is 0 Å². The van der Waals surface area contributed by atoms with Crippen molar-refractivity contribution in [1.29, 1.82) is 0 Å².